The Balaban J connectivity index is 2.12. The van der Waals surface area contributed by atoms with E-state index in [1.165, 1.54) is 12.3 Å². The highest BCUT2D eigenvalue weighted by Gasteiger charge is 2.08. The molecule has 0 atom stereocenters. The van der Waals surface area contributed by atoms with Gasteiger partial charge in [0.2, 0.25) is 0 Å². The van der Waals surface area contributed by atoms with Crippen LogP contribution in [0.3, 0.4) is 0 Å². The first-order valence-electron chi connectivity index (χ1n) is 6.19. The summed E-state index contributed by atoms with van der Waals surface area (Å²) in [5.74, 6) is 5.46. The molecule has 0 spiro atoms. The molecular weight excluding hydrogens is 269 g/mol. The maximum atomic E-state index is 13.9. The van der Waals surface area contributed by atoms with Crippen LogP contribution >= 0.6 is 0 Å². The van der Waals surface area contributed by atoms with Gasteiger partial charge in [-0.25, -0.2) is 4.39 Å². The van der Waals surface area contributed by atoms with Crippen LogP contribution in [0.4, 0.5) is 4.39 Å². The molecule has 0 saturated carbocycles. The number of rotatable bonds is 3. The van der Waals surface area contributed by atoms with Crippen molar-refractivity contribution in [2.24, 2.45) is 5.73 Å². The molecule has 0 aliphatic carbocycles. The zero-order chi connectivity index (χ0) is 15.1. The molecule has 1 aromatic heterocycles. The summed E-state index contributed by atoms with van der Waals surface area (Å²) >= 11 is 0. The van der Waals surface area contributed by atoms with Gasteiger partial charge in [0.15, 0.2) is 0 Å². The van der Waals surface area contributed by atoms with Crippen LogP contribution in [-0.2, 0) is 6.61 Å². The average molecular weight is 281 g/mol. The van der Waals surface area contributed by atoms with Gasteiger partial charge in [-0.1, -0.05) is 24.0 Å². The molecule has 0 fully saturated rings. The predicted molar refractivity (Wildman–Crippen MR) is 75.6 cm³/mol. The molecule has 0 aliphatic rings. The molecule has 2 N–H and O–H groups in total. The van der Waals surface area contributed by atoms with Crippen molar-refractivity contribution in [1.29, 1.82) is 5.26 Å². The Kier molecular flexibility index (Phi) is 4.87. The maximum Gasteiger partial charge on any atom is 0.147 e. The van der Waals surface area contributed by atoms with E-state index in [1.807, 2.05) is 0 Å². The molecule has 5 heteroatoms. The van der Waals surface area contributed by atoms with Crippen LogP contribution in [0.2, 0.25) is 0 Å². The van der Waals surface area contributed by atoms with Crippen molar-refractivity contribution in [3.63, 3.8) is 0 Å². The Bertz CT molecular complexity index is 741. The number of nitrogens with zero attached hydrogens (tertiary/aromatic N) is 2. The van der Waals surface area contributed by atoms with E-state index in [0.717, 1.165) is 0 Å². The van der Waals surface area contributed by atoms with E-state index in [9.17, 15) is 4.39 Å². The van der Waals surface area contributed by atoms with Gasteiger partial charge in [0.05, 0.1) is 18.3 Å². The molecule has 0 aliphatic heterocycles. The number of nitrogens with two attached hydrogens (primary N) is 1. The lowest BCUT2D eigenvalue weighted by molar-refractivity contribution is 0.298. The first kappa shape index (κ1) is 14.5. The van der Waals surface area contributed by atoms with Crippen molar-refractivity contribution >= 4 is 0 Å². The monoisotopic (exact) mass is 281 g/mol. The Morgan fingerprint density at radius 3 is 2.95 bits per heavy atom. The minimum atomic E-state index is -0.563. The quantitative estimate of drug-likeness (QED) is 0.873. The first-order chi connectivity index (χ1) is 10.2. The topological polar surface area (TPSA) is 71.9 Å². The Morgan fingerprint density at radius 1 is 1.33 bits per heavy atom. The number of ether oxygens (including phenoxy) is 1. The van der Waals surface area contributed by atoms with Gasteiger partial charge in [-0.3, -0.25) is 4.98 Å². The lowest BCUT2D eigenvalue weighted by atomic mass is 10.1. The highest BCUT2D eigenvalue weighted by molar-refractivity contribution is 5.38. The van der Waals surface area contributed by atoms with Crippen LogP contribution in [-0.4, -0.2) is 11.5 Å². The molecule has 21 heavy (non-hydrogen) atoms. The third-order valence-corrected chi connectivity index (χ3v) is 2.64. The number of halogens is 1. The third-order valence-electron chi connectivity index (χ3n) is 2.64. The summed E-state index contributed by atoms with van der Waals surface area (Å²) in [6, 6.07) is 8.09. The van der Waals surface area contributed by atoms with Gasteiger partial charge in [0, 0.05) is 17.3 Å². The van der Waals surface area contributed by atoms with E-state index in [-0.39, 0.29) is 18.7 Å². The maximum absolute atomic E-state index is 13.9. The second-order valence-electron chi connectivity index (χ2n) is 4.09. The van der Waals surface area contributed by atoms with Gasteiger partial charge in [0.25, 0.3) is 0 Å². The molecule has 0 unspecified atom stereocenters. The zero-order valence-corrected chi connectivity index (χ0v) is 11.1. The van der Waals surface area contributed by atoms with E-state index >= 15 is 0 Å². The van der Waals surface area contributed by atoms with Crippen molar-refractivity contribution < 1.29 is 9.13 Å². The fraction of sp³-hybridized carbons (Fsp3) is 0.125. The smallest absolute Gasteiger partial charge is 0.147 e. The molecule has 0 radical (unpaired) electrons. The normalized spacial score (nSPS) is 9.38. The van der Waals surface area contributed by atoms with Gasteiger partial charge in [-0.2, -0.15) is 5.26 Å². The molecule has 1 heterocycles. The van der Waals surface area contributed by atoms with Crippen molar-refractivity contribution in [2.75, 3.05) is 6.54 Å². The fourth-order valence-electron chi connectivity index (χ4n) is 1.66. The molecule has 1 aromatic carbocycles. The standard InChI is InChI=1S/C16H12FN3O/c17-16-13(8-19)4-1-5-14(16)11-21-15-7-12(3-2-6-18)9-20-10-15/h1,4-5,7,9-10H,6,11,18H2. The van der Waals surface area contributed by atoms with Crippen molar-refractivity contribution in [3.8, 4) is 23.7 Å². The number of hydrogen-bond acceptors (Lipinski definition) is 4. The first-order valence-corrected chi connectivity index (χ1v) is 6.19. The second kappa shape index (κ2) is 7.04. The Labute approximate surface area is 122 Å². The van der Waals surface area contributed by atoms with Crippen LogP contribution < -0.4 is 10.5 Å². The van der Waals surface area contributed by atoms with E-state index < -0.39 is 5.82 Å². The van der Waals surface area contributed by atoms with Crippen molar-refractivity contribution in [2.45, 2.75) is 6.61 Å². The highest BCUT2D eigenvalue weighted by atomic mass is 19.1. The zero-order valence-electron chi connectivity index (χ0n) is 11.1. The molecule has 4 nitrogen and oxygen atoms in total. The molecule has 0 saturated heterocycles. The summed E-state index contributed by atoms with van der Waals surface area (Å²) in [4.78, 5) is 3.99. The predicted octanol–water partition coefficient (Wildman–Crippen LogP) is 1.98. The van der Waals surface area contributed by atoms with Gasteiger partial charge >= 0.3 is 0 Å². The molecule has 0 bridgehead atoms. The summed E-state index contributed by atoms with van der Waals surface area (Å²) in [6.45, 7) is 0.272. The SMILES string of the molecule is N#Cc1cccc(COc2cncc(C#CCN)c2)c1F. The Hall–Kier alpha value is -2.89. The summed E-state index contributed by atoms with van der Waals surface area (Å²) in [6.07, 6.45) is 3.10. The Morgan fingerprint density at radius 2 is 2.19 bits per heavy atom. The van der Waals surface area contributed by atoms with E-state index in [2.05, 4.69) is 16.8 Å². The van der Waals surface area contributed by atoms with Gasteiger partial charge in [-0.05, 0) is 12.1 Å². The fourth-order valence-corrected chi connectivity index (χ4v) is 1.66. The van der Waals surface area contributed by atoms with E-state index in [0.29, 0.717) is 16.9 Å². The van der Waals surface area contributed by atoms with Gasteiger partial charge in [0.1, 0.15) is 24.2 Å². The second-order valence-corrected chi connectivity index (χ2v) is 4.09. The lowest BCUT2D eigenvalue weighted by Crippen LogP contribution is -2.00. The summed E-state index contributed by atoms with van der Waals surface area (Å²) in [7, 11) is 0. The van der Waals surface area contributed by atoms with Crippen LogP contribution in [0.15, 0.2) is 36.7 Å². The van der Waals surface area contributed by atoms with Gasteiger partial charge < -0.3 is 10.5 Å². The highest BCUT2D eigenvalue weighted by Crippen LogP contribution is 2.16. The number of aromatic nitrogens is 1. The van der Waals surface area contributed by atoms with Crippen LogP contribution in [0, 0.1) is 29.0 Å². The average Bonchev–Trinajstić information content (AvgIpc) is 2.52. The summed E-state index contributed by atoms with van der Waals surface area (Å²) < 4.78 is 19.3. The molecule has 2 aromatic rings. The molecule has 2 rings (SSSR count). The van der Waals surface area contributed by atoms with Crippen LogP contribution in [0.1, 0.15) is 16.7 Å². The molecule has 104 valence electrons. The number of benzene rings is 1. The molecular formula is C16H12FN3O. The van der Waals surface area contributed by atoms with Crippen LogP contribution in [0.25, 0.3) is 0 Å². The number of pyridine rings is 1. The molecule has 0 amide bonds. The lowest BCUT2D eigenvalue weighted by Gasteiger charge is -2.07. The minimum absolute atomic E-state index is 0.00297. The van der Waals surface area contributed by atoms with Crippen molar-refractivity contribution in [3.05, 3.63) is 59.2 Å². The van der Waals surface area contributed by atoms with E-state index in [4.69, 9.17) is 15.7 Å². The third kappa shape index (κ3) is 3.79. The number of nitriles is 1. The summed E-state index contributed by atoms with van der Waals surface area (Å²) in [5, 5.41) is 8.78. The van der Waals surface area contributed by atoms with E-state index in [1.54, 1.807) is 30.5 Å². The minimum Gasteiger partial charge on any atom is -0.487 e. The largest absolute Gasteiger partial charge is 0.487 e. The number of hydrogen-bond donors (Lipinski definition) is 1. The van der Waals surface area contributed by atoms with Gasteiger partial charge in [-0.15, -0.1) is 0 Å². The van der Waals surface area contributed by atoms with Crippen molar-refractivity contribution in [1.82, 2.24) is 4.98 Å². The van der Waals surface area contributed by atoms with Crippen LogP contribution in [0.5, 0.6) is 5.75 Å². The summed E-state index contributed by atoms with van der Waals surface area (Å²) in [5.41, 5.74) is 6.28.